The lowest BCUT2D eigenvalue weighted by Gasteiger charge is -2.27. The molecule has 1 heterocycles. The van der Waals surface area contributed by atoms with Gasteiger partial charge in [-0.25, -0.2) is 0 Å². The van der Waals surface area contributed by atoms with Crippen LogP contribution < -0.4 is 0 Å². The Balaban J connectivity index is 2.52. The number of thiocarbonyl (C=S) groups is 1. The topological polar surface area (TPSA) is 4.93 Å². The molecule has 0 atom stereocenters. The minimum atomic E-state index is -0.0858. The van der Waals surface area contributed by atoms with E-state index < -0.39 is 0 Å². The van der Waals surface area contributed by atoms with Gasteiger partial charge in [0, 0.05) is 17.3 Å². The minimum absolute atomic E-state index is 0.0858. The van der Waals surface area contributed by atoms with E-state index in [0.29, 0.717) is 4.32 Å². The zero-order valence-corrected chi connectivity index (χ0v) is 11.6. The Labute approximate surface area is 113 Å². The summed E-state index contributed by atoms with van der Waals surface area (Å²) in [6.45, 7) is 4.39. The molecule has 0 amide bonds. The smallest absolute Gasteiger partial charge is 0.141 e. The van der Waals surface area contributed by atoms with Crippen molar-refractivity contribution < 1.29 is 0 Å². The normalized spacial score (nSPS) is 11.5. The first-order chi connectivity index (χ1) is 8.03. The van der Waals surface area contributed by atoms with E-state index in [1.165, 1.54) is 5.56 Å². The van der Waals surface area contributed by atoms with E-state index in [2.05, 4.69) is 56.8 Å². The van der Waals surface area contributed by atoms with Gasteiger partial charge < -0.3 is 4.57 Å². The Morgan fingerprint density at radius 1 is 1.12 bits per heavy atom. The molecule has 0 radical (unpaired) electrons. The molecule has 0 saturated carbocycles. The summed E-state index contributed by atoms with van der Waals surface area (Å²) in [7, 11) is 0. The van der Waals surface area contributed by atoms with Crippen molar-refractivity contribution in [3.8, 4) is 0 Å². The zero-order valence-electron chi connectivity index (χ0n) is 9.92. The van der Waals surface area contributed by atoms with Gasteiger partial charge in [-0.05, 0) is 17.7 Å². The molecule has 0 saturated heterocycles. The van der Waals surface area contributed by atoms with E-state index in [1.54, 1.807) is 0 Å². The lowest BCUT2D eigenvalue weighted by Crippen LogP contribution is -2.24. The second-order valence-electron chi connectivity index (χ2n) is 4.54. The average molecular weight is 261 g/mol. The van der Waals surface area contributed by atoms with Crippen molar-refractivity contribution >= 4 is 29.2 Å². The molecule has 0 N–H and O–H groups in total. The van der Waals surface area contributed by atoms with E-state index in [1.807, 2.05) is 22.9 Å². The van der Waals surface area contributed by atoms with Gasteiger partial charge in [-0.3, -0.25) is 0 Å². The summed E-state index contributed by atoms with van der Waals surface area (Å²) in [6.07, 6.45) is 1.95. The maximum Gasteiger partial charge on any atom is 0.141 e. The largest absolute Gasteiger partial charge is 0.306 e. The second kappa shape index (κ2) is 4.67. The summed E-state index contributed by atoms with van der Waals surface area (Å²) in [5, 5.41) is 0. The molecule has 0 bridgehead atoms. The third kappa shape index (κ3) is 2.31. The van der Waals surface area contributed by atoms with E-state index in [-0.39, 0.29) is 5.41 Å². The van der Waals surface area contributed by atoms with Crippen LogP contribution in [-0.4, -0.2) is 8.89 Å². The van der Waals surface area contributed by atoms with E-state index >= 15 is 0 Å². The highest BCUT2D eigenvalue weighted by atomic mass is 32.1. The summed E-state index contributed by atoms with van der Waals surface area (Å²) in [5.41, 5.74) is 2.34. The van der Waals surface area contributed by atoms with Crippen molar-refractivity contribution in [1.82, 2.24) is 4.57 Å². The summed E-state index contributed by atoms with van der Waals surface area (Å²) >= 11 is 9.41. The summed E-state index contributed by atoms with van der Waals surface area (Å²) < 4.78 is 2.53. The van der Waals surface area contributed by atoms with E-state index in [0.717, 1.165) is 5.69 Å². The van der Waals surface area contributed by atoms with E-state index in [4.69, 9.17) is 12.2 Å². The number of rotatable bonds is 2. The fourth-order valence-corrected chi connectivity index (χ4v) is 2.39. The molecule has 1 aromatic carbocycles. The number of nitrogens with zero attached hydrogens (tertiary/aromatic N) is 1. The van der Waals surface area contributed by atoms with Crippen LogP contribution >= 0.6 is 24.8 Å². The molecule has 0 aliphatic heterocycles. The van der Waals surface area contributed by atoms with Gasteiger partial charge in [0.1, 0.15) is 4.32 Å². The molecular formula is C14H15NS2. The summed E-state index contributed by atoms with van der Waals surface area (Å²) in [4.78, 5) is 0. The van der Waals surface area contributed by atoms with Gasteiger partial charge in [0.25, 0.3) is 0 Å². The van der Waals surface area contributed by atoms with Gasteiger partial charge in [0.15, 0.2) is 0 Å². The van der Waals surface area contributed by atoms with Crippen LogP contribution in [0.5, 0.6) is 0 Å². The third-order valence-electron chi connectivity index (χ3n) is 3.09. The van der Waals surface area contributed by atoms with Crippen LogP contribution in [0.1, 0.15) is 25.1 Å². The molecule has 0 spiro atoms. The van der Waals surface area contributed by atoms with Crippen LogP contribution in [0.2, 0.25) is 0 Å². The molecule has 17 heavy (non-hydrogen) atoms. The molecule has 1 nitrogen and oxygen atoms in total. The zero-order chi connectivity index (χ0) is 12.5. The van der Waals surface area contributed by atoms with Crippen molar-refractivity contribution in [3.63, 3.8) is 0 Å². The SMILES string of the molecule is CC(C)(c1ccccc1)c1cccn1C(=S)S. The average Bonchev–Trinajstić information content (AvgIpc) is 2.80. The van der Waals surface area contributed by atoms with Crippen LogP contribution in [0.3, 0.4) is 0 Å². The lowest BCUT2D eigenvalue weighted by atomic mass is 9.81. The van der Waals surface area contributed by atoms with Crippen LogP contribution in [-0.2, 0) is 5.41 Å². The van der Waals surface area contributed by atoms with Crippen molar-refractivity contribution in [2.45, 2.75) is 19.3 Å². The number of thiol groups is 1. The number of benzene rings is 1. The standard InChI is InChI=1S/C14H15NS2/c1-14(2,11-7-4-3-5-8-11)12-9-6-10-15(12)13(16)17/h3-10H,1-2H3,(H,16,17). The van der Waals surface area contributed by atoms with Gasteiger partial charge in [-0.2, -0.15) is 0 Å². The number of aromatic nitrogens is 1. The van der Waals surface area contributed by atoms with Crippen molar-refractivity contribution in [3.05, 3.63) is 59.9 Å². The van der Waals surface area contributed by atoms with Gasteiger partial charge in [0.05, 0.1) is 0 Å². The van der Waals surface area contributed by atoms with Gasteiger partial charge in [-0.1, -0.05) is 56.4 Å². The van der Waals surface area contributed by atoms with Crippen LogP contribution in [0.15, 0.2) is 48.7 Å². The van der Waals surface area contributed by atoms with E-state index in [9.17, 15) is 0 Å². The molecular weight excluding hydrogens is 246 g/mol. The molecule has 3 heteroatoms. The number of hydrogen-bond acceptors (Lipinski definition) is 1. The Kier molecular flexibility index (Phi) is 3.40. The molecule has 2 aromatic rings. The predicted octanol–water partition coefficient (Wildman–Crippen LogP) is 3.88. The van der Waals surface area contributed by atoms with Crippen molar-refractivity contribution in [2.75, 3.05) is 0 Å². The summed E-state index contributed by atoms with van der Waals surface area (Å²) in [5.74, 6) is 0. The molecule has 0 unspecified atom stereocenters. The quantitative estimate of drug-likeness (QED) is 0.635. The molecule has 0 aliphatic rings. The molecule has 2 rings (SSSR count). The molecule has 88 valence electrons. The van der Waals surface area contributed by atoms with Crippen LogP contribution in [0.4, 0.5) is 0 Å². The highest BCUT2D eigenvalue weighted by Crippen LogP contribution is 2.31. The van der Waals surface area contributed by atoms with Gasteiger partial charge >= 0.3 is 0 Å². The minimum Gasteiger partial charge on any atom is -0.306 e. The fourth-order valence-electron chi connectivity index (χ4n) is 2.06. The fraction of sp³-hybridized carbons (Fsp3) is 0.214. The van der Waals surface area contributed by atoms with Crippen molar-refractivity contribution in [2.24, 2.45) is 0 Å². The van der Waals surface area contributed by atoms with Gasteiger partial charge in [0.2, 0.25) is 0 Å². The Bertz CT molecular complexity index is 526. The highest BCUT2D eigenvalue weighted by Gasteiger charge is 2.26. The highest BCUT2D eigenvalue weighted by molar-refractivity contribution is 8.11. The maximum absolute atomic E-state index is 5.15. The van der Waals surface area contributed by atoms with Gasteiger partial charge in [-0.15, -0.1) is 12.6 Å². The first-order valence-electron chi connectivity index (χ1n) is 5.50. The second-order valence-corrected chi connectivity index (χ2v) is 5.65. The predicted molar refractivity (Wildman–Crippen MR) is 80.0 cm³/mol. The monoisotopic (exact) mass is 261 g/mol. The first kappa shape index (κ1) is 12.4. The first-order valence-corrected chi connectivity index (χ1v) is 6.35. The Morgan fingerprint density at radius 3 is 2.35 bits per heavy atom. The number of hydrogen-bond donors (Lipinski definition) is 1. The molecule has 1 aromatic heterocycles. The lowest BCUT2D eigenvalue weighted by molar-refractivity contribution is 0.610. The third-order valence-corrected chi connectivity index (χ3v) is 3.50. The van der Waals surface area contributed by atoms with Crippen LogP contribution in [0.25, 0.3) is 0 Å². The molecule has 0 aliphatic carbocycles. The summed E-state index contributed by atoms with van der Waals surface area (Å²) in [6, 6.07) is 14.5. The Hall–Kier alpha value is -1.06. The van der Waals surface area contributed by atoms with Crippen molar-refractivity contribution in [1.29, 1.82) is 0 Å². The van der Waals surface area contributed by atoms with Crippen LogP contribution in [0, 0.1) is 0 Å². The Morgan fingerprint density at radius 2 is 1.76 bits per heavy atom. The maximum atomic E-state index is 5.15. The molecule has 0 fully saturated rings.